The summed E-state index contributed by atoms with van der Waals surface area (Å²) in [4.78, 5) is 27.3. The minimum atomic E-state index is -0.511. The molecule has 1 aromatic rings. The highest BCUT2D eigenvalue weighted by Crippen LogP contribution is 2.44. The van der Waals surface area contributed by atoms with Crippen molar-refractivity contribution >= 4 is 35.1 Å². The molecule has 3 rings (SSSR count). The van der Waals surface area contributed by atoms with Gasteiger partial charge in [-0.15, -0.1) is 0 Å². The molecule has 1 saturated carbocycles. The molecule has 0 bridgehead atoms. The van der Waals surface area contributed by atoms with Crippen LogP contribution in [0.1, 0.15) is 44.0 Å². The molecule has 1 aliphatic heterocycles. The van der Waals surface area contributed by atoms with Crippen LogP contribution >= 0.6 is 23.2 Å². The SMILES string of the molecule is C=CCOc1cc(Cl)c(Cl)cc1C(=O)C1CC2CN(C(=O)OC(C)(C)C)CC2C1. The lowest BCUT2D eigenvalue weighted by Crippen LogP contribution is -2.36. The zero-order valence-electron chi connectivity index (χ0n) is 17.0. The van der Waals surface area contributed by atoms with Gasteiger partial charge in [0.1, 0.15) is 18.0 Å². The molecule has 1 aliphatic carbocycles. The van der Waals surface area contributed by atoms with Crippen LogP contribution in [0.25, 0.3) is 0 Å². The zero-order valence-corrected chi connectivity index (χ0v) is 18.6. The third-order valence-electron chi connectivity index (χ3n) is 5.42. The summed E-state index contributed by atoms with van der Waals surface area (Å²) < 4.78 is 11.1. The summed E-state index contributed by atoms with van der Waals surface area (Å²) in [5.74, 6) is 0.931. The number of hydrogen-bond donors (Lipinski definition) is 0. The van der Waals surface area contributed by atoms with Crippen molar-refractivity contribution in [2.24, 2.45) is 17.8 Å². The summed E-state index contributed by atoms with van der Waals surface area (Å²) in [5.41, 5.74) is -0.0570. The summed E-state index contributed by atoms with van der Waals surface area (Å²) in [6, 6.07) is 3.17. The summed E-state index contributed by atoms with van der Waals surface area (Å²) in [6.07, 6.45) is 2.81. The molecule has 1 heterocycles. The molecule has 158 valence electrons. The van der Waals surface area contributed by atoms with E-state index < -0.39 is 5.60 Å². The highest BCUT2D eigenvalue weighted by molar-refractivity contribution is 6.42. The van der Waals surface area contributed by atoms with E-state index >= 15 is 0 Å². The van der Waals surface area contributed by atoms with E-state index in [-0.39, 0.29) is 24.4 Å². The van der Waals surface area contributed by atoms with E-state index in [4.69, 9.17) is 32.7 Å². The lowest BCUT2D eigenvalue weighted by Gasteiger charge is -2.25. The third kappa shape index (κ3) is 5.07. The second-order valence-electron chi connectivity index (χ2n) is 8.80. The van der Waals surface area contributed by atoms with Crippen molar-refractivity contribution in [1.29, 1.82) is 0 Å². The van der Waals surface area contributed by atoms with Crippen LogP contribution < -0.4 is 4.74 Å². The molecule has 0 N–H and O–H groups in total. The maximum absolute atomic E-state index is 13.2. The van der Waals surface area contributed by atoms with E-state index in [0.29, 0.717) is 46.3 Å². The number of Topliss-reactive ketones (excluding diaryl/α,β-unsaturated/α-hetero) is 1. The number of fused-ring (bicyclic) bond motifs is 1. The Kier molecular flexibility index (Phi) is 6.49. The molecule has 1 aromatic carbocycles. The molecular weight excluding hydrogens is 413 g/mol. The number of rotatable bonds is 5. The number of nitrogens with zero attached hydrogens (tertiary/aromatic N) is 1. The first-order valence-corrected chi connectivity index (χ1v) is 10.6. The molecule has 29 heavy (non-hydrogen) atoms. The number of benzene rings is 1. The van der Waals surface area contributed by atoms with Crippen LogP contribution in [-0.2, 0) is 4.74 Å². The summed E-state index contributed by atoms with van der Waals surface area (Å²) in [5, 5.41) is 0.675. The van der Waals surface area contributed by atoms with Gasteiger partial charge in [-0.05, 0) is 51.5 Å². The second kappa shape index (κ2) is 8.57. The quantitative estimate of drug-likeness (QED) is 0.440. The standard InChI is InChI=1S/C22H27Cl2NO4/c1-5-6-28-19-10-18(24)17(23)9-16(19)20(26)13-7-14-11-25(12-15(14)8-13)21(27)29-22(2,3)4/h5,9-10,13-15H,1,6-8,11-12H2,2-4H3. The fraction of sp³-hybridized carbons (Fsp3) is 0.545. The van der Waals surface area contributed by atoms with Gasteiger partial charge < -0.3 is 14.4 Å². The molecular formula is C22H27Cl2NO4. The Morgan fingerprint density at radius 2 is 1.76 bits per heavy atom. The Hall–Kier alpha value is -1.72. The topological polar surface area (TPSA) is 55.8 Å². The van der Waals surface area contributed by atoms with Crippen molar-refractivity contribution in [2.75, 3.05) is 19.7 Å². The van der Waals surface area contributed by atoms with E-state index in [1.54, 1.807) is 23.1 Å². The van der Waals surface area contributed by atoms with E-state index in [9.17, 15) is 9.59 Å². The summed E-state index contributed by atoms with van der Waals surface area (Å²) in [7, 11) is 0. The predicted octanol–water partition coefficient (Wildman–Crippen LogP) is 5.63. The number of ether oxygens (including phenoxy) is 2. The van der Waals surface area contributed by atoms with Gasteiger partial charge in [-0.1, -0.05) is 35.9 Å². The van der Waals surface area contributed by atoms with Crippen molar-refractivity contribution in [3.05, 3.63) is 40.4 Å². The number of carbonyl (C=O) groups excluding carboxylic acids is 2. The van der Waals surface area contributed by atoms with Gasteiger partial charge in [-0.2, -0.15) is 0 Å². The summed E-state index contributed by atoms with van der Waals surface area (Å²) in [6.45, 7) is 10.8. The van der Waals surface area contributed by atoms with Crippen LogP contribution in [0.3, 0.4) is 0 Å². The van der Waals surface area contributed by atoms with E-state index in [1.165, 1.54) is 0 Å². The van der Waals surface area contributed by atoms with Crippen molar-refractivity contribution in [1.82, 2.24) is 4.90 Å². The smallest absolute Gasteiger partial charge is 0.410 e. The highest BCUT2D eigenvalue weighted by atomic mass is 35.5. The van der Waals surface area contributed by atoms with E-state index in [2.05, 4.69) is 6.58 Å². The number of amides is 1. The van der Waals surface area contributed by atoms with Crippen molar-refractivity contribution < 1.29 is 19.1 Å². The molecule has 2 unspecified atom stereocenters. The first kappa shape index (κ1) is 22.0. The van der Waals surface area contributed by atoms with Gasteiger partial charge in [0.05, 0.1) is 15.6 Å². The lowest BCUT2D eigenvalue weighted by molar-refractivity contribution is 0.0278. The van der Waals surface area contributed by atoms with Gasteiger partial charge in [0.15, 0.2) is 5.78 Å². The lowest BCUT2D eigenvalue weighted by atomic mass is 9.94. The van der Waals surface area contributed by atoms with Crippen LogP contribution in [0, 0.1) is 17.8 Å². The molecule has 1 amide bonds. The van der Waals surface area contributed by atoms with Gasteiger partial charge in [0, 0.05) is 25.1 Å². The minimum absolute atomic E-state index is 0.0147. The number of carbonyl (C=O) groups is 2. The molecule has 7 heteroatoms. The maximum atomic E-state index is 13.2. The maximum Gasteiger partial charge on any atom is 0.410 e. The zero-order chi connectivity index (χ0) is 21.3. The minimum Gasteiger partial charge on any atom is -0.489 e. The molecule has 2 aliphatic rings. The largest absolute Gasteiger partial charge is 0.489 e. The predicted molar refractivity (Wildman–Crippen MR) is 114 cm³/mol. The van der Waals surface area contributed by atoms with Crippen LogP contribution in [-0.4, -0.2) is 42.1 Å². The number of likely N-dealkylation sites (tertiary alicyclic amines) is 1. The number of hydrogen-bond acceptors (Lipinski definition) is 4. The molecule has 5 nitrogen and oxygen atoms in total. The van der Waals surface area contributed by atoms with Gasteiger partial charge >= 0.3 is 6.09 Å². The third-order valence-corrected chi connectivity index (χ3v) is 6.14. The first-order valence-electron chi connectivity index (χ1n) is 9.84. The Morgan fingerprint density at radius 1 is 1.17 bits per heavy atom. The fourth-order valence-electron chi connectivity index (χ4n) is 4.20. The van der Waals surface area contributed by atoms with Gasteiger partial charge in [-0.3, -0.25) is 4.79 Å². The van der Waals surface area contributed by atoms with E-state index in [0.717, 1.165) is 12.8 Å². The van der Waals surface area contributed by atoms with Gasteiger partial charge in [0.25, 0.3) is 0 Å². The first-order chi connectivity index (χ1) is 13.6. The highest BCUT2D eigenvalue weighted by Gasteiger charge is 2.45. The molecule has 1 saturated heterocycles. The fourth-order valence-corrected chi connectivity index (χ4v) is 4.52. The van der Waals surface area contributed by atoms with Crippen molar-refractivity contribution in [3.8, 4) is 5.75 Å². The van der Waals surface area contributed by atoms with Crippen LogP contribution in [0.2, 0.25) is 10.0 Å². The Bertz CT molecular complexity index is 804. The Balaban J connectivity index is 1.68. The Labute approximate surface area is 181 Å². The monoisotopic (exact) mass is 439 g/mol. The molecule has 0 aromatic heterocycles. The molecule has 0 radical (unpaired) electrons. The van der Waals surface area contributed by atoms with Gasteiger partial charge in [0.2, 0.25) is 0 Å². The summed E-state index contributed by atoms with van der Waals surface area (Å²) >= 11 is 12.3. The normalized spacial score (nSPS) is 23.6. The Morgan fingerprint density at radius 3 is 2.31 bits per heavy atom. The van der Waals surface area contributed by atoms with Crippen LogP contribution in [0.4, 0.5) is 4.79 Å². The van der Waals surface area contributed by atoms with Gasteiger partial charge in [-0.25, -0.2) is 4.79 Å². The number of halogens is 2. The van der Waals surface area contributed by atoms with Crippen LogP contribution in [0.15, 0.2) is 24.8 Å². The second-order valence-corrected chi connectivity index (χ2v) is 9.61. The number of ketones is 1. The molecule has 0 spiro atoms. The average Bonchev–Trinajstić information content (AvgIpc) is 3.19. The molecule has 2 atom stereocenters. The molecule has 2 fully saturated rings. The van der Waals surface area contributed by atoms with Crippen LogP contribution in [0.5, 0.6) is 5.75 Å². The average molecular weight is 440 g/mol. The van der Waals surface area contributed by atoms with E-state index in [1.807, 2.05) is 20.8 Å². The van der Waals surface area contributed by atoms with Crippen molar-refractivity contribution in [2.45, 2.75) is 39.2 Å². The van der Waals surface area contributed by atoms with Crippen molar-refractivity contribution in [3.63, 3.8) is 0 Å².